The number of anilines is 1. The van der Waals surface area contributed by atoms with Crippen LogP contribution in [0.15, 0.2) is 28.7 Å². The van der Waals surface area contributed by atoms with Gasteiger partial charge >= 0.3 is 0 Å². The minimum absolute atomic E-state index is 0.157. The van der Waals surface area contributed by atoms with Gasteiger partial charge in [-0.05, 0) is 44.4 Å². The van der Waals surface area contributed by atoms with Gasteiger partial charge in [0.15, 0.2) is 0 Å². The fraction of sp³-hybridized carbons (Fsp3) is 0.474. The normalized spacial score (nSPS) is 15.5. The zero-order valence-electron chi connectivity index (χ0n) is 14.3. The van der Waals surface area contributed by atoms with Crippen molar-refractivity contribution in [2.75, 3.05) is 5.32 Å². The van der Waals surface area contributed by atoms with E-state index in [1.54, 1.807) is 0 Å². The Morgan fingerprint density at radius 2 is 1.88 bits per heavy atom. The van der Waals surface area contributed by atoms with E-state index in [2.05, 4.69) is 38.5 Å². The summed E-state index contributed by atoms with van der Waals surface area (Å²) in [5.41, 5.74) is 3.96. The maximum Gasteiger partial charge on any atom is 0.227 e. The number of rotatable bonds is 4. The van der Waals surface area contributed by atoms with Crippen molar-refractivity contribution in [2.45, 2.75) is 52.5 Å². The van der Waals surface area contributed by atoms with E-state index in [4.69, 9.17) is 0 Å². The van der Waals surface area contributed by atoms with Crippen molar-refractivity contribution in [3.63, 3.8) is 0 Å². The molecule has 0 spiro atoms. The van der Waals surface area contributed by atoms with Gasteiger partial charge in [-0.25, -0.2) is 0 Å². The van der Waals surface area contributed by atoms with Gasteiger partial charge in [0.1, 0.15) is 0 Å². The van der Waals surface area contributed by atoms with Crippen LogP contribution in [0.2, 0.25) is 0 Å². The molecule has 0 aliphatic heterocycles. The summed E-state index contributed by atoms with van der Waals surface area (Å²) in [5, 5.41) is 7.75. The van der Waals surface area contributed by atoms with Gasteiger partial charge in [-0.1, -0.05) is 47.3 Å². The third-order valence-electron chi connectivity index (χ3n) is 4.85. The monoisotopic (exact) mass is 389 g/mol. The molecule has 0 saturated heterocycles. The Hall–Kier alpha value is -1.62. The first-order valence-corrected chi connectivity index (χ1v) is 9.43. The van der Waals surface area contributed by atoms with Gasteiger partial charge in [0.2, 0.25) is 5.91 Å². The Morgan fingerprint density at radius 1 is 1.21 bits per heavy atom. The van der Waals surface area contributed by atoms with E-state index < -0.39 is 0 Å². The SMILES string of the molecule is Cc1nn(Cc2ccc(Br)cc2)c(C)c1NC(=O)C1CCCCC1. The Labute approximate surface area is 151 Å². The maximum atomic E-state index is 12.5. The second-order valence-electron chi connectivity index (χ2n) is 6.65. The zero-order valence-corrected chi connectivity index (χ0v) is 15.9. The van der Waals surface area contributed by atoms with Crippen LogP contribution in [0.3, 0.4) is 0 Å². The molecule has 0 atom stereocenters. The lowest BCUT2D eigenvalue weighted by Crippen LogP contribution is -2.25. The first-order chi connectivity index (χ1) is 11.5. The third-order valence-corrected chi connectivity index (χ3v) is 5.38. The fourth-order valence-corrected chi connectivity index (χ4v) is 3.65. The molecule has 1 N–H and O–H groups in total. The van der Waals surface area contributed by atoms with Crippen molar-refractivity contribution in [3.05, 3.63) is 45.7 Å². The van der Waals surface area contributed by atoms with E-state index >= 15 is 0 Å². The van der Waals surface area contributed by atoms with E-state index in [0.29, 0.717) is 6.54 Å². The molecule has 0 radical (unpaired) electrons. The van der Waals surface area contributed by atoms with E-state index in [9.17, 15) is 4.79 Å². The van der Waals surface area contributed by atoms with Gasteiger partial charge in [-0.3, -0.25) is 9.48 Å². The largest absolute Gasteiger partial charge is 0.323 e. The van der Waals surface area contributed by atoms with Crippen LogP contribution in [-0.2, 0) is 11.3 Å². The number of hydrogen-bond donors (Lipinski definition) is 1. The number of hydrogen-bond acceptors (Lipinski definition) is 2. The number of amides is 1. The number of carbonyl (C=O) groups excluding carboxylic acids is 1. The summed E-state index contributed by atoms with van der Waals surface area (Å²) in [6.45, 7) is 4.69. The highest BCUT2D eigenvalue weighted by atomic mass is 79.9. The van der Waals surface area contributed by atoms with Crippen molar-refractivity contribution in [1.29, 1.82) is 0 Å². The molecule has 1 saturated carbocycles. The minimum Gasteiger partial charge on any atom is -0.323 e. The van der Waals surface area contributed by atoms with Crippen LogP contribution >= 0.6 is 15.9 Å². The smallest absolute Gasteiger partial charge is 0.227 e. The zero-order chi connectivity index (χ0) is 17.1. The highest BCUT2D eigenvalue weighted by Crippen LogP contribution is 2.27. The molecule has 1 aliphatic carbocycles. The minimum atomic E-state index is 0.157. The van der Waals surface area contributed by atoms with E-state index in [-0.39, 0.29) is 11.8 Å². The topological polar surface area (TPSA) is 46.9 Å². The van der Waals surface area contributed by atoms with Crippen LogP contribution in [0.4, 0.5) is 5.69 Å². The second kappa shape index (κ2) is 7.51. The molecule has 0 unspecified atom stereocenters. The molecule has 1 aliphatic rings. The molecular formula is C19H24BrN3O. The lowest BCUT2D eigenvalue weighted by Gasteiger charge is -2.20. The summed E-state index contributed by atoms with van der Waals surface area (Å²) < 4.78 is 3.04. The third kappa shape index (κ3) is 3.89. The van der Waals surface area contributed by atoms with Crippen LogP contribution in [-0.4, -0.2) is 15.7 Å². The first kappa shape index (κ1) is 17.2. The molecule has 1 fully saturated rings. The van der Waals surface area contributed by atoms with Crippen LogP contribution in [0.5, 0.6) is 0 Å². The average Bonchev–Trinajstić information content (AvgIpc) is 2.85. The quantitative estimate of drug-likeness (QED) is 0.813. The van der Waals surface area contributed by atoms with Crippen LogP contribution < -0.4 is 5.32 Å². The molecule has 1 aromatic carbocycles. The predicted octanol–water partition coefficient (Wildman–Crippen LogP) is 4.83. The Balaban J connectivity index is 1.73. The number of nitrogens with zero attached hydrogens (tertiary/aromatic N) is 2. The summed E-state index contributed by atoms with van der Waals surface area (Å²) in [5.74, 6) is 0.316. The van der Waals surface area contributed by atoms with Gasteiger partial charge in [0, 0.05) is 10.4 Å². The van der Waals surface area contributed by atoms with Gasteiger partial charge in [0.25, 0.3) is 0 Å². The fourth-order valence-electron chi connectivity index (χ4n) is 3.38. The highest BCUT2D eigenvalue weighted by Gasteiger charge is 2.23. The molecule has 5 heteroatoms. The van der Waals surface area contributed by atoms with Gasteiger partial charge < -0.3 is 5.32 Å². The molecule has 24 heavy (non-hydrogen) atoms. The van der Waals surface area contributed by atoms with Crippen molar-refractivity contribution >= 4 is 27.5 Å². The van der Waals surface area contributed by atoms with Gasteiger partial charge in [-0.15, -0.1) is 0 Å². The number of carbonyl (C=O) groups is 1. The molecule has 128 valence electrons. The summed E-state index contributed by atoms with van der Waals surface area (Å²) in [6, 6.07) is 8.24. The lowest BCUT2D eigenvalue weighted by atomic mass is 9.88. The van der Waals surface area contributed by atoms with Crippen molar-refractivity contribution < 1.29 is 4.79 Å². The van der Waals surface area contributed by atoms with Crippen LogP contribution in [0.25, 0.3) is 0 Å². The summed E-state index contributed by atoms with van der Waals surface area (Å²) in [7, 11) is 0. The number of nitrogens with one attached hydrogen (secondary N) is 1. The van der Waals surface area contributed by atoms with Crippen molar-refractivity contribution in [1.82, 2.24) is 9.78 Å². The molecule has 0 bridgehead atoms. The van der Waals surface area contributed by atoms with E-state index in [0.717, 1.165) is 34.4 Å². The van der Waals surface area contributed by atoms with Crippen LogP contribution in [0, 0.1) is 19.8 Å². The van der Waals surface area contributed by atoms with E-state index in [1.165, 1.54) is 24.8 Å². The second-order valence-corrected chi connectivity index (χ2v) is 7.57. The lowest BCUT2D eigenvalue weighted by molar-refractivity contribution is -0.120. The Kier molecular flexibility index (Phi) is 5.39. The molecule has 1 aromatic heterocycles. The standard InChI is InChI=1S/C19H24BrN3O/c1-13-18(21-19(24)16-6-4-3-5-7-16)14(2)23(22-13)12-15-8-10-17(20)11-9-15/h8-11,16H,3-7,12H2,1-2H3,(H,21,24). The predicted molar refractivity (Wildman–Crippen MR) is 100 cm³/mol. The van der Waals surface area contributed by atoms with Crippen molar-refractivity contribution in [3.8, 4) is 0 Å². The summed E-state index contributed by atoms with van der Waals surface area (Å²) in [6.07, 6.45) is 5.61. The van der Waals surface area contributed by atoms with Crippen LogP contribution in [0.1, 0.15) is 49.1 Å². The van der Waals surface area contributed by atoms with Gasteiger partial charge in [-0.2, -0.15) is 5.10 Å². The molecule has 2 aromatic rings. The van der Waals surface area contributed by atoms with E-state index in [1.807, 2.05) is 30.7 Å². The number of aromatic nitrogens is 2. The van der Waals surface area contributed by atoms with Crippen molar-refractivity contribution in [2.24, 2.45) is 5.92 Å². The molecule has 3 rings (SSSR count). The average molecular weight is 390 g/mol. The Bertz CT molecular complexity index is 715. The molecular weight excluding hydrogens is 366 g/mol. The summed E-state index contributed by atoms with van der Waals surface area (Å²) >= 11 is 3.46. The number of halogens is 1. The molecule has 4 nitrogen and oxygen atoms in total. The van der Waals surface area contributed by atoms with Gasteiger partial charge in [0.05, 0.1) is 23.6 Å². The molecule has 1 amide bonds. The maximum absolute atomic E-state index is 12.5. The Morgan fingerprint density at radius 3 is 2.54 bits per heavy atom. The first-order valence-electron chi connectivity index (χ1n) is 8.64. The highest BCUT2D eigenvalue weighted by molar-refractivity contribution is 9.10. The summed E-state index contributed by atoms with van der Waals surface area (Å²) in [4.78, 5) is 12.5. The molecule has 1 heterocycles. The number of aryl methyl sites for hydroxylation is 1. The number of benzene rings is 1.